The summed E-state index contributed by atoms with van der Waals surface area (Å²) in [5, 5.41) is 3.29. The first-order valence-electron chi connectivity index (χ1n) is 5.18. The third-order valence-electron chi connectivity index (χ3n) is 2.51. The molecular formula is C12H13N3OS. The van der Waals surface area contributed by atoms with Gasteiger partial charge in [-0.05, 0) is 37.0 Å². The van der Waals surface area contributed by atoms with Crippen LogP contribution in [0.2, 0.25) is 0 Å². The summed E-state index contributed by atoms with van der Waals surface area (Å²) >= 11 is 1.14. The van der Waals surface area contributed by atoms with Crippen LogP contribution in [0.15, 0.2) is 24.3 Å². The van der Waals surface area contributed by atoms with Crippen LogP contribution in [0.4, 0.5) is 10.7 Å². The lowest BCUT2D eigenvalue weighted by atomic mass is 10.2. The van der Waals surface area contributed by atoms with Crippen molar-refractivity contribution in [3.05, 3.63) is 41.1 Å². The number of rotatable bonds is 2. The minimum Gasteiger partial charge on any atom is -0.389 e. The van der Waals surface area contributed by atoms with E-state index in [1.807, 2.05) is 31.2 Å². The average Bonchev–Trinajstić information content (AvgIpc) is 2.62. The maximum absolute atomic E-state index is 12.0. The number of aryl methyl sites for hydroxylation is 2. The zero-order valence-electron chi connectivity index (χ0n) is 9.65. The van der Waals surface area contributed by atoms with E-state index in [-0.39, 0.29) is 5.91 Å². The minimum absolute atomic E-state index is 0.206. The number of amides is 1. The van der Waals surface area contributed by atoms with E-state index in [1.165, 1.54) is 0 Å². The van der Waals surface area contributed by atoms with Gasteiger partial charge in [0.2, 0.25) is 0 Å². The van der Waals surface area contributed by atoms with E-state index >= 15 is 0 Å². The number of benzene rings is 1. The van der Waals surface area contributed by atoms with Crippen molar-refractivity contribution in [3.8, 4) is 0 Å². The quantitative estimate of drug-likeness (QED) is 0.857. The molecule has 2 rings (SSSR count). The van der Waals surface area contributed by atoms with Crippen LogP contribution >= 0.6 is 11.5 Å². The second kappa shape index (κ2) is 4.55. The summed E-state index contributed by atoms with van der Waals surface area (Å²) in [5.41, 5.74) is 8.67. The highest BCUT2D eigenvalue weighted by atomic mass is 32.1. The summed E-state index contributed by atoms with van der Waals surface area (Å²) in [4.78, 5) is 12.0. The fraction of sp³-hybridized carbons (Fsp3) is 0.167. The normalized spacial score (nSPS) is 10.2. The number of nitrogens with zero attached hydrogens (tertiary/aromatic N) is 1. The van der Waals surface area contributed by atoms with E-state index in [2.05, 4.69) is 9.69 Å². The molecular weight excluding hydrogens is 234 g/mol. The number of nitrogens with one attached hydrogen (secondary N) is 1. The fourth-order valence-corrected chi connectivity index (χ4v) is 2.22. The van der Waals surface area contributed by atoms with Gasteiger partial charge in [0.1, 0.15) is 5.00 Å². The average molecular weight is 247 g/mol. The molecule has 0 saturated heterocycles. The van der Waals surface area contributed by atoms with Crippen LogP contribution in [0.3, 0.4) is 0 Å². The molecule has 0 aliphatic carbocycles. The summed E-state index contributed by atoms with van der Waals surface area (Å²) in [7, 11) is 0. The number of carbonyl (C=O) groups is 1. The van der Waals surface area contributed by atoms with Crippen molar-refractivity contribution in [2.45, 2.75) is 13.8 Å². The smallest absolute Gasteiger partial charge is 0.260 e. The summed E-state index contributed by atoms with van der Waals surface area (Å²) < 4.78 is 4.06. The van der Waals surface area contributed by atoms with Gasteiger partial charge in [0.25, 0.3) is 5.91 Å². The van der Waals surface area contributed by atoms with E-state index in [0.29, 0.717) is 16.3 Å². The highest BCUT2D eigenvalue weighted by Gasteiger charge is 2.16. The van der Waals surface area contributed by atoms with Crippen molar-refractivity contribution in [1.29, 1.82) is 0 Å². The molecule has 1 aromatic heterocycles. The highest BCUT2D eigenvalue weighted by molar-refractivity contribution is 7.10. The molecule has 0 fully saturated rings. The highest BCUT2D eigenvalue weighted by Crippen LogP contribution is 2.22. The molecule has 0 atom stereocenters. The van der Waals surface area contributed by atoms with Gasteiger partial charge in [0.15, 0.2) is 0 Å². The second-order valence-electron chi connectivity index (χ2n) is 3.78. The van der Waals surface area contributed by atoms with Crippen LogP contribution in [0.1, 0.15) is 21.6 Å². The number of aromatic nitrogens is 1. The predicted octanol–water partition coefficient (Wildman–Crippen LogP) is 2.59. The first-order chi connectivity index (χ1) is 8.09. The van der Waals surface area contributed by atoms with E-state index in [4.69, 9.17) is 5.73 Å². The summed E-state index contributed by atoms with van der Waals surface area (Å²) in [6, 6.07) is 7.61. The van der Waals surface area contributed by atoms with Gasteiger partial charge in [-0.2, -0.15) is 4.37 Å². The molecule has 4 nitrogen and oxygen atoms in total. The number of anilines is 2. The van der Waals surface area contributed by atoms with Crippen molar-refractivity contribution in [3.63, 3.8) is 0 Å². The minimum atomic E-state index is -0.206. The Morgan fingerprint density at radius 2 is 2.06 bits per heavy atom. The van der Waals surface area contributed by atoms with Crippen molar-refractivity contribution in [2.24, 2.45) is 0 Å². The number of carbonyl (C=O) groups excluding carboxylic acids is 1. The Kier molecular flexibility index (Phi) is 3.10. The Morgan fingerprint density at radius 3 is 2.65 bits per heavy atom. The molecule has 0 saturated carbocycles. The first-order valence-corrected chi connectivity index (χ1v) is 5.95. The van der Waals surface area contributed by atoms with Gasteiger partial charge in [-0.1, -0.05) is 18.2 Å². The van der Waals surface area contributed by atoms with Gasteiger partial charge in [0.05, 0.1) is 11.3 Å². The molecule has 17 heavy (non-hydrogen) atoms. The second-order valence-corrected chi connectivity index (χ2v) is 4.58. The lowest BCUT2D eigenvalue weighted by Gasteiger charge is -2.07. The number of nitrogens with two attached hydrogens (primary N) is 1. The molecule has 0 unspecified atom stereocenters. The summed E-state index contributed by atoms with van der Waals surface area (Å²) in [6.45, 7) is 3.72. The van der Waals surface area contributed by atoms with Crippen molar-refractivity contribution >= 4 is 28.1 Å². The Hall–Kier alpha value is -1.88. The molecule has 0 spiro atoms. The molecule has 0 aliphatic rings. The Morgan fingerprint density at radius 1 is 1.35 bits per heavy atom. The van der Waals surface area contributed by atoms with Gasteiger partial charge < -0.3 is 11.1 Å². The number of hydrogen-bond acceptors (Lipinski definition) is 4. The van der Waals surface area contributed by atoms with Gasteiger partial charge in [0, 0.05) is 5.69 Å². The van der Waals surface area contributed by atoms with Crippen LogP contribution < -0.4 is 11.1 Å². The van der Waals surface area contributed by atoms with Crippen LogP contribution in [-0.4, -0.2) is 10.3 Å². The molecule has 2 aromatic rings. The third kappa shape index (κ3) is 2.29. The van der Waals surface area contributed by atoms with Crippen LogP contribution in [0, 0.1) is 13.8 Å². The topological polar surface area (TPSA) is 68.0 Å². The first kappa shape index (κ1) is 11.6. The standard InChI is InChI=1S/C12H13N3OS/c1-7-5-3-4-6-9(7)14-12(16)10-8(2)15-17-11(10)13/h3-6H,13H2,1-2H3,(H,14,16). The van der Waals surface area contributed by atoms with Gasteiger partial charge in [-0.25, -0.2) is 0 Å². The van der Waals surface area contributed by atoms with Crippen molar-refractivity contribution < 1.29 is 4.79 Å². The Balaban J connectivity index is 2.27. The Labute approximate surface area is 104 Å². The van der Waals surface area contributed by atoms with Gasteiger partial charge in [-0.3, -0.25) is 4.79 Å². The van der Waals surface area contributed by atoms with Gasteiger partial charge >= 0.3 is 0 Å². The molecule has 1 amide bonds. The van der Waals surface area contributed by atoms with Crippen molar-refractivity contribution in [2.75, 3.05) is 11.1 Å². The van der Waals surface area contributed by atoms with E-state index in [9.17, 15) is 4.79 Å². The number of nitrogen functional groups attached to an aromatic ring is 1. The molecule has 0 aliphatic heterocycles. The molecule has 88 valence electrons. The lowest BCUT2D eigenvalue weighted by molar-refractivity contribution is 0.102. The fourth-order valence-electron chi connectivity index (χ4n) is 1.56. The van der Waals surface area contributed by atoms with Crippen LogP contribution in [0.5, 0.6) is 0 Å². The molecule has 0 radical (unpaired) electrons. The lowest BCUT2D eigenvalue weighted by Crippen LogP contribution is -2.14. The SMILES string of the molecule is Cc1ccccc1NC(=O)c1c(C)nsc1N. The molecule has 1 heterocycles. The third-order valence-corrected chi connectivity index (χ3v) is 3.28. The van der Waals surface area contributed by atoms with Crippen LogP contribution in [0.25, 0.3) is 0 Å². The van der Waals surface area contributed by atoms with E-state index in [1.54, 1.807) is 6.92 Å². The largest absolute Gasteiger partial charge is 0.389 e. The maximum Gasteiger partial charge on any atom is 0.260 e. The molecule has 3 N–H and O–H groups in total. The predicted molar refractivity (Wildman–Crippen MR) is 70.4 cm³/mol. The van der Waals surface area contributed by atoms with Gasteiger partial charge in [-0.15, -0.1) is 0 Å². The van der Waals surface area contributed by atoms with E-state index < -0.39 is 0 Å². The summed E-state index contributed by atoms with van der Waals surface area (Å²) in [5.74, 6) is -0.206. The van der Waals surface area contributed by atoms with Crippen LogP contribution in [-0.2, 0) is 0 Å². The maximum atomic E-state index is 12.0. The zero-order chi connectivity index (χ0) is 12.4. The van der Waals surface area contributed by atoms with Crippen molar-refractivity contribution in [1.82, 2.24) is 4.37 Å². The number of hydrogen-bond donors (Lipinski definition) is 2. The van der Waals surface area contributed by atoms with E-state index in [0.717, 1.165) is 22.8 Å². The summed E-state index contributed by atoms with van der Waals surface area (Å²) in [6.07, 6.45) is 0. The number of para-hydroxylation sites is 1. The monoisotopic (exact) mass is 247 g/mol. The Bertz CT molecular complexity index is 543. The molecule has 5 heteroatoms. The molecule has 1 aromatic carbocycles. The molecule has 0 bridgehead atoms. The zero-order valence-corrected chi connectivity index (χ0v) is 10.5.